The maximum Gasteiger partial charge on any atom is 0.220 e. The van der Waals surface area contributed by atoms with Crippen molar-refractivity contribution in [2.75, 3.05) is 7.11 Å². The number of methoxy groups -OCH3 is 1. The molecule has 3 fully saturated rings. The summed E-state index contributed by atoms with van der Waals surface area (Å²) in [6.45, 7) is 4.04. The molecular weight excluding hydrogens is 310 g/mol. The second-order valence-electron chi connectivity index (χ2n) is 8.53. The molecule has 2 aliphatic carbocycles. The van der Waals surface area contributed by atoms with Crippen molar-refractivity contribution in [2.24, 2.45) is 17.3 Å². The fourth-order valence-electron chi connectivity index (χ4n) is 5.41. The van der Waals surface area contributed by atoms with E-state index in [-0.39, 0.29) is 11.9 Å². The quantitative estimate of drug-likeness (QED) is 0.731. The highest BCUT2D eigenvalue weighted by atomic mass is 16.5. The Morgan fingerprint density at radius 3 is 2.80 bits per heavy atom. The van der Waals surface area contributed by atoms with E-state index in [1.165, 1.54) is 44.1 Å². The van der Waals surface area contributed by atoms with Gasteiger partial charge in [0.1, 0.15) is 5.75 Å². The first kappa shape index (κ1) is 16.9. The number of hydrogen-bond acceptors (Lipinski definition) is 2. The monoisotopic (exact) mass is 341 g/mol. The average Bonchev–Trinajstić information content (AvgIpc) is 3.51. The molecule has 3 aliphatic rings. The molecule has 3 nitrogen and oxygen atoms in total. The van der Waals surface area contributed by atoms with Crippen LogP contribution in [-0.2, 0) is 4.79 Å². The molecule has 1 aromatic carbocycles. The van der Waals surface area contributed by atoms with Gasteiger partial charge in [-0.1, -0.05) is 38.3 Å². The molecule has 25 heavy (non-hydrogen) atoms. The number of carbonyl (C=O) groups excluding carboxylic acids is 1. The Balaban J connectivity index is 1.60. The van der Waals surface area contributed by atoms with Gasteiger partial charge in [-0.2, -0.15) is 0 Å². The second-order valence-corrected chi connectivity index (χ2v) is 8.53. The van der Waals surface area contributed by atoms with Crippen LogP contribution < -0.4 is 4.74 Å². The van der Waals surface area contributed by atoms with Gasteiger partial charge in [-0.25, -0.2) is 0 Å². The van der Waals surface area contributed by atoms with E-state index in [0.29, 0.717) is 11.5 Å². The molecule has 1 aliphatic heterocycles. The van der Waals surface area contributed by atoms with Crippen LogP contribution >= 0.6 is 0 Å². The topological polar surface area (TPSA) is 29.5 Å². The first-order valence-electron chi connectivity index (χ1n) is 10.0. The smallest absolute Gasteiger partial charge is 0.220 e. The lowest BCUT2D eigenvalue weighted by Crippen LogP contribution is -2.40. The first-order valence-corrected chi connectivity index (χ1v) is 10.0. The first-order chi connectivity index (χ1) is 12.1. The number of rotatable bonds is 6. The Morgan fingerprint density at radius 2 is 2.16 bits per heavy atom. The summed E-state index contributed by atoms with van der Waals surface area (Å²) in [7, 11) is 1.71. The molecule has 1 aromatic rings. The van der Waals surface area contributed by atoms with Crippen molar-refractivity contribution in [3.8, 4) is 5.75 Å². The molecule has 3 heteroatoms. The number of likely N-dealkylation sites (tertiary alicyclic amines) is 1. The summed E-state index contributed by atoms with van der Waals surface area (Å²) in [5, 5.41) is 0. The summed E-state index contributed by atoms with van der Waals surface area (Å²) in [5.74, 6) is 2.74. The molecule has 1 heterocycles. The summed E-state index contributed by atoms with van der Waals surface area (Å²) in [6, 6.07) is 9.04. The maximum atomic E-state index is 12.7. The lowest BCUT2D eigenvalue weighted by Gasteiger charge is -2.32. The molecular formula is C22H31NO2. The zero-order chi connectivity index (χ0) is 17.6. The Labute approximate surface area is 151 Å². The van der Waals surface area contributed by atoms with Gasteiger partial charge in [0.15, 0.2) is 0 Å². The van der Waals surface area contributed by atoms with E-state index in [4.69, 9.17) is 4.74 Å². The predicted octanol–water partition coefficient (Wildman–Crippen LogP) is 4.96. The minimum absolute atomic E-state index is 0.229. The molecule has 136 valence electrons. The summed E-state index contributed by atoms with van der Waals surface area (Å²) in [4.78, 5) is 14.9. The van der Waals surface area contributed by atoms with E-state index >= 15 is 0 Å². The van der Waals surface area contributed by atoms with Gasteiger partial charge in [-0.15, -0.1) is 0 Å². The third-order valence-electron chi connectivity index (χ3n) is 6.91. The molecule has 1 saturated heterocycles. The van der Waals surface area contributed by atoms with Crippen LogP contribution in [0.4, 0.5) is 0 Å². The minimum Gasteiger partial charge on any atom is -0.497 e. The molecule has 0 radical (unpaired) electrons. The van der Waals surface area contributed by atoms with Gasteiger partial charge in [-0.05, 0) is 60.6 Å². The fraction of sp³-hybridized carbons (Fsp3) is 0.682. The van der Waals surface area contributed by atoms with Crippen LogP contribution in [0.15, 0.2) is 24.3 Å². The summed E-state index contributed by atoms with van der Waals surface area (Å²) >= 11 is 0. The van der Waals surface area contributed by atoms with Crippen LogP contribution in [0.1, 0.15) is 70.4 Å². The number of amides is 1. The molecule has 4 atom stereocenters. The molecule has 1 spiro atoms. The van der Waals surface area contributed by atoms with Crippen LogP contribution in [0.5, 0.6) is 5.75 Å². The van der Waals surface area contributed by atoms with Crippen molar-refractivity contribution >= 4 is 5.91 Å². The molecule has 0 bridgehead atoms. The molecule has 4 rings (SSSR count). The number of unbranched alkanes of at least 4 members (excludes halogenated alkanes) is 1. The van der Waals surface area contributed by atoms with Crippen LogP contribution in [0.2, 0.25) is 0 Å². The van der Waals surface area contributed by atoms with E-state index in [2.05, 4.69) is 30.0 Å². The average molecular weight is 341 g/mol. The standard InChI is InChI=1S/C22H31NO2/c1-4-5-7-16-13-19(16)21-22(10-11-22)14-20(23(21)15(2)24)17-8-6-9-18(12-17)25-3/h6,8-9,12,16,19-21H,4-5,7,10-11,13-14H2,1-3H3/t16-,19-,20+,21-/m0/s1. The zero-order valence-electron chi connectivity index (χ0n) is 15.8. The zero-order valence-corrected chi connectivity index (χ0v) is 15.8. The Morgan fingerprint density at radius 1 is 1.36 bits per heavy atom. The van der Waals surface area contributed by atoms with E-state index < -0.39 is 0 Å². The number of benzene rings is 1. The van der Waals surface area contributed by atoms with Crippen molar-refractivity contribution in [2.45, 2.75) is 70.9 Å². The van der Waals surface area contributed by atoms with Gasteiger partial charge in [0.25, 0.3) is 0 Å². The summed E-state index contributed by atoms with van der Waals surface area (Å²) in [5.41, 5.74) is 1.65. The van der Waals surface area contributed by atoms with Crippen LogP contribution in [-0.4, -0.2) is 24.0 Å². The summed E-state index contributed by atoms with van der Waals surface area (Å²) < 4.78 is 5.42. The predicted molar refractivity (Wildman–Crippen MR) is 99.4 cm³/mol. The van der Waals surface area contributed by atoms with Crippen LogP contribution in [0.3, 0.4) is 0 Å². The SMILES string of the molecule is CCCC[C@H]1C[C@@H]1[C@@H]1N(C(C)=O)[C@@H](c2cccc(OC)c2)CC12CC2. The van der Waals surface area contributed by atoms with Crippen molar-refractivity contribution < 1.29 is 9.53 Å². The van der Waals surface area contributed by atoms with E-state index in [0.717, 1.165) is 24.0 Å². The molecule has 2 saturated carbocycles. The number of hydrogen-bond donors (Lipinski definition) is 0. The van der Waals surface area contributed by atoms with Gasteiger partial charge >= 0.3 is 0 Å². The normalized spacial score (nSPS) is 32.0. The second kappa shape index (κ2) is 6.34. The van der Waals surface area contributed by atoms with Gasteiger partial charge in [0, 0.05) is 13.0 Å². The number of ether oxygens (including phenoxy) is 1. The number of nitrogens with zero attached hydrogens (tertiary/aromatic N) is 1. The Bertz CT molecular complexity index is 651. The molecule has 1 amide bonds. The molecule has 0 N–H and O–H groups in total. The van der Waals surface area contributed by atoms with E-state index in [1.54, 1.807) is 14.0 Å². The Kier molecular flexibility index (Phi) is 4.29. The van der Waals surface area contributed by atoms with Crippen LogP contribution in [0.25, 0.3) is 0 Å². The lowest BCUT2D eigenvalue weighted by molar-refractivity contribution is -0.132. The maximum absolute atomic E-state index is 12.7. The number of carbonyl (C=O) groups is 1. The van der Waals surface area contributed by atoms with Gasteiger partial charge in [-0.3, -0.25) is 4.79 Å². The van der Waals surface area contributed by atoms with Crippen molar-refractivity contribution in [3.05, 3.63) is 29.8 Å². The highest BCUT2D eigenvalue weighted by Crippen LogP contribution is 2.68. The third-order valence-corrected chi connectivity index (χ3v) is 6.91. The van der Waals surface area contributed by atoms with E-state index in [9.17, 15) is 4.79 Å². The molecule has 0 unspecified atom stereocenters. The highest BCUT2D eigenvalue weighted by Gasteiger charge is 2.65. The van der Waals surface area contributed by atoms with Gasteiger partial charge in [0.05, 0.1) is 13.2 Å². The van der Waals surface area contributed by atoms with Crippen molar-refractivity contribution in [1.82, 2.24) is 4.90 Å². The fourth-order valence-corrected chi connectivity index (χ4v) is 5.41. The van der Waals surface area contributed by atoms with Crippen molar-refractivity contribution in [1.29, 1.82) is 0 Å². The minimum atomic E-state index is 0.229. The van der Waals surface area contributed by atoms with Gasteiger partial charge in [0.2, 0.25) is 5.91 Å². The highest BCUT2D eigenvalue weighted by molar-refractivity contribution is 5.75. The van der Waals surface area contributed by atoms with Crippen molar-refractivity contribution in [3.63, 3.8) is 0 Å². The summed E-state index contributed by atoms with van der Waals surface area (Å²) in [6.07, 6.45) is 9.05. The Hall–Kier alpha value is -1.51. The van der Waals surface area contributed by atoms with Crippen LogP contribution in [0, 0.1) is 17.3 Å². The molecule has 0 aromatic heterocycles. The largest absolute Gasteiger partial charge is 0.497 e. The van der Waals surface area contributed by atoms with Gasteiger partial charge < -0.3 is 9.64 Å². The van der Waals surface area contributed by atoms with E-state index in [1.807, 2.05) is 6.07 Å². The lowest BCUT2D eigenvalue weighted by atomic mass is 9.90. The third kappa shape index (κ3) is 2.96.